The van der Waals surface area contributed by atoms with Gasteiger partial charge in [0.1, 0.15) is 0 Å². The molecule has 5 aliphatic heterocycles. The van der Waals surface area contributed by atoms with Crippen LogP contribution >= 0.6 is 0 Å². The Morgan fingerprint density at radius 3 is 2.83 bits per heavy atom. The Labute approximate surface area is 134 Å². The molecule has 6 aliphatic rings. The number of rotatable bonds is 0. The second-order valence-corrected chi connectivity index (χ2v) is 7.90. The number of carbonyl (C=O) groups is 1. The standard InChI is InChI=1S/C16H22N2O5/c1-9-3-4-11-15(7-8-17-18-15)12(19)20-13-16(11)10(9)5-6-14(2,21-13)22-23-16/h9-11,13H,3-8H2,1-2H3/t9-,10+,11+,13-,14-,15-,16-/m1/s1. The summed E-state index contributed by atoms with van der Waals surface area (Å²) in [6, 6.07) is 0. The van der Waals surface area contributed by atoms with Gasteiger partial charge in [-0.05, 0) is 32.1 Å². The van der Waals surface area contributed by atoms with Gasteiger partial charge in [-0.3, -0.25) is 0 Å². The summed E-state index contributed by atoms with van der Waals surface area (Å²) in [5.41, 5.74) is -1.68. The van der Waals surface area contributed by atoms with Crippen LogP contribution < -0.4 is 0 Å². The zero-order chi connectivity index (χ0) is 15.9. The molecule has 0 unspecified atom stereocenters. The fourth-order valence-electron chi connectivity index (χ4n) is 5.49. The second kappa shape index (κ2) is 4.32. The Morgan fingerprint density at radius 2 is 2.04 bits per heavy atom. The molecule has 0 aromatic heterocycles. The highest BCUT2D eigenvalue weighted by Gasteiger charge is 2.75. The number of hydrogen-bond donors (Lipinski definition) is 0. The van der Waals surface area contributed by atoms with E-state index in [4.69, 9.17) is 19.2 Å². The van der Waals surface area contributed by atoms with Crippen LogP contribution in [0.4, 0.5) is 0 Å². The molecule has 126 valence electrons. The summed E-state index contributed by atoms with van der Waals surface area (Å²) >= 11 is 0. The van der Waals surface area contributed by atoms with Crippen molar-refractivity contribution < 1.29 is 24.0 Å². The van der Waals surface area contributed by atoms with E-state index in [-0.39, 0.29) is 17.8 Å². The topological polar surface area (TPSA) is 78.7 Å². The van der Waals surface area contributed by atoms with E-state index < -0.39 is 23.2 Å². The predicted octanol–water partition coefficient (Wildman–Crippen LogP) is 2.35. The van der Waals surface area contributed by atoms with Crippen molar-refractivity contribution in [3.8, 4) is 0 Å². The van der Waals surface area contributed by atoms with Crippen LogP contribution in [0.2, 0.25) is 0 Å². The first kappa shape index (κ1) is 14.3. The lowest BCUT2D eigenvalue weighted by Gasteiger charge is -2.59. The van der Waals surface area contributed by atoms with Crippen LogP contribution in [-0.4, -0.2) is 35.7 Å². The van der Waals surface area contributed by atoms with Crippen LogP contribution in [0.1, 0.15) is 46.0 Å². The van der Waals surface area contributed by atoms with Gasteiger partial charge in [0.25, 0.3) is 0 Å². The first-order valence-corrected chi connectivity index (χ1v) is 8.65. The molecule has 0 aromatic rings. The Kier molecular flexibility index (Phi) is 2.69. The number of carbonyl (C=O) groups excluding carboxylic acids is 1. The van der Waals surface area contributed by atoms with Crippen molar-refractivity contribution >= 4 is 5.97 Å². The minimum Gasteiger partial charge on any atom is -0.430 e. The molecule has 7 atom stereocenters. The molecule has 23 heavy (non-hydrogen) atoms. The highest BCUT2D eigenvalue weighted by Crippen LogP contribution is 2.62. The Balaban J connectivity index is 1.68. The molecule has 0 radical (unpaired) electrons. The predicted molar refractivity (Wildman–Crippen MR) is 76.0 cm³/mol. The lowest BCUT2D eigenvalue weighted by Crippen LogP contribution is -2.74. The van der Waals surface area contributed by atoms with Gasteiger partial charge in [-0.25, -0.2) is 14.6 Å². The van der Waals surface area contributed by atoms with E-state index in [1.54, 1.807) is 0 Å². The molecule has 5 fully saturated rings. The Hall–Kier alpha value is -1.05. The van der Waals surface area contributed by atoms with Crippen molar-refractivity contribution in [2.75, 3.05) is 6.54 Å². The maximum Gasteiger partial charge on any atom is 0.338 e. The summed E-state index contributed by atoms with van der Waals surface area (Å²) in [6.45, 7) is 4.66. The molecular weight excluding hydrogens is 300 g/mol. The average molecular weight is 322 g/mol. The van der Waals surface area contributed by atoms with Crippen molar-refractivity contribution in [1.29, 1.82) is 0 Å². The number of fused-ring (bicyclic) bond motifs is 3. The average Bonchev–Trinajstić information content (AvgIpc) is 2.89. The summed E-state index contributed by atoms with van der Waals surface area (Å²) in [7, 11) is 0. The highest BCUT2D eigenvalue weighted by atomic mass is 17.3. The van der Waals surface area contributed by atoms with E-state index in [0.29, 0.717) is 18.9 Å². The fraction of sp³-hybridized carbons (Fsp3) is 0.938. The minimum absolute atomic E-state index is 0.101. The third-order valence-electron chi connectivity index (χ3n) is 6.70. The number of ether oxygens (including phenoxy) is 2. The molecule has 5 heterocycles. The summed E-state index contributed by atoms with van der Waals surface area (Å²) < 4.78 is 11.9. The largest absolute Gasteiger partial charge is 0.430 e. The van der Waals surface area contributed by atoms with Crippen molar-refractivity contribution in [3.63, 3.8) is 0 Å². The van der Waals surface area contributed by atoms with Gasteiger partial charge >= 0.3 is 5.97 Å². The van der Waals surface area contributed by atoms with Crippen molar-refractivity contribution in [2.45, 2.75) is 69.2 Å². The van der Waals surface area contributed by atoms with Crippen LogP contribution in [0.15, 0.2) is 10.2 Å². The van der Waals surface area contributed by atoms with Gasteiger partial charge in [-0.2, -0.15) is 10.2 Å². The van der Waals surface area contributed by atoms with Gasteiger partial charge in [-0.1, -0.05) is 6.92 Å². The Bertz CT molecular complexity index is 597. The molecule has 6 rings (SSSR count). The van der Waals surface area contributed by atoms with E-state index in [2.05, 4.69) is 17.2 Å². The zero-order valence-corrected chi connectivity index (χ0v) is 13.5. The first-order chi connectivity index (χ1) is 11.0. The van der Waals surface area contributed by atoms with E-state index in [1.807, 2.05) is 6.92 Å². The lowest BCUT2D eigenvalue weighted by atomic mass is 9.55. The minimum atomic E-state index is -0.917. The molecule has 0 N–H and O–H groups in total. The number of esters is 1. The normalized spacial score (nSPS) is 57.2. The summed E-state index contributed by atoms with van der Waals surface area (Å²) in [5, 5.41) is 8.48. The zero-order valence-electron chi connectivity index (χ0n) is 13.5. The third-order valence-corrected chi connectivity index (χ3v) is 6.70. The van der Waals surface area contributed by atoms with Gasteiger partial charge < -0.3 is 9.47 Å². The molecule has 1 aliphatic carbocycles. The number of nitrogens with zero attached hydrogens (tertiary/aromatic N) is 2. The molecule has 0 amide bonds. The van der Waals surface area contributed by atoms with Gasteiger partial charge in [0.15, 0.2) is 11.1 Å². The summed E-state index contributed by atoms with van der Waals surface area (Å²) in [5.74, 6) is -0.562. The number of hydrogen-bond acceptors (Lipinski definition) is 7. The van der Waals surface area contributed by atoms with Crippen LogP contribution in [0.25, 0.3) is 0 Å². The van der Waals surface area contributed by atoms with E-state index >= 15 is 0 Å². The molecule has 0 aromatic carbocycles. The van der Waals surface area contributed by atoms with E-state index in [9.17, 15) is 4.79 Å². The maximum atomic E-state index is 12.8. The summed E-state index contributed by atoms with van der Waals surface area (Å²) in [4.78, 5) is 24.5. The van der Waals surface area contributed by atoms with Crippen LogP contribution in [-0.2, 0) is 24.0 Å². The van der Waals surface area contributed by atoms with Crippen molar-refractivity contribution in [3.05, 3.63) is 0 Å². The lowest BCUT2D eigenvalue weighted by molar-refractivity contribution is -0.559. The van der Waals surface area contributed by atoms with E-state index in [1.165, 1.54) is 0 Å². The smallest absolute Gasteiger partial charge is 0.338 e. The highest BCUT2D eigenvalue weighted by molar-refractivity contribution is 5.83. The van der Waals surface area contributed by atoms with Gasteiger partial charge in [0, 0.05) is 24.7 Å². The van der Waals surface area contributed by atoms with Crippen molar-refractivity contribution in [2.24, 2.45) is 28.0 Å². The molecule has 7 heteroatoms. The van der Waals surface area contributed by atoms with Crippen LogP contribution in [0, 0.1) is 17.8 Å². The molecule has 2 bridgehead atoms. The summed E-state index contributed by atoms with van der Waals surface area (Å²) in [6.07, 6.45) is 3.46. The van der Waals surface area contributed by atoms with Crippen LogP contribution in [0.5, 0.6) is 0 Å². The number of azo groups is 1. The molecule has 7 nitrogen and oxygen atoms in total. The third kappa shape index (κ3) is 1.58. The monoisotopic (exact) mass is 322 g/mol. The van der Waals surface area contributed by atoms with Gasteiger partial charge in [0.05, 0.1) is 6.54 Å². The fourth-order valence-corrected chi connectivity index (χ4v) is 5.49. The van der Waals surface area contributed by atoms with Crippen molar-refractivity contribution in [1.82, 2.24) is 0 Å². The molecular formula is C16H22N2O5. The van der Waals surface area contributed by atoms with Gasteiger partial charge in [-0.15, -0.1) is 0 Å². The maximum absolute atomic E-state index is 12.8. The quantitative estimate of drug-likeness (QED) is 0.505. The SMILES string of the molecule is C[C@@H]1CC[C@@H]2[C@]34OO[C@](C)(CC[C@@H]13)O[C@H]4OC(=O)[C@@]21CCN=N1. The first-order valence-electron chi connectivity index (χ1n) is 8.65. The molecule has 4 saturated heterocycles. The Morgan fingerprint density at radius 1 is 1.17 bits per heavy atom. The second-order valence-electron chi connectivity index (χ2n) is 7.90. The van der Waals surface area contributed by atoms with Crippen LogP contribution in [0.3, 0.4) is 0 Å². The molecule has 2 spiro atoms. The van der Waals surface area contributed by atoms with E-state index in [0.717, 1.165) is 25.7 Å². The van der Waals surface area contributed by atoms with Gasteiger partial charge in [0.2, 0.25) is 12.1 Å². The molecule has 1 saturated carbocycles.